The molecule has 8 bridgehead atoms. The average molecular weight is 589 g/mol. The zero-order valence-corrected chi connectivity index (χ0v) is 27.9. The lowest BCUT2D eigenvalue weighted by atomic mass is 9.55. The van der Waals surface area contributed by atoms with Crippen molar-refractivity contribution >= 4 is 21.1 Å². The average Bonchev–Trinajstić information content (AvgIpc) is 2.96. The monoisotopic (exact) mass is 588 g/mol. The highest BCUT2D eigenvalue weighted by atomic mass is 31.1. The summed E-state index contributed by atoms with van der Waals surface area (Å²) in [4.78, 5) is 0. The lowest BCUT2D eigenvalue weighted by Crippen LogP contribution is -2.56. The van der Waals surface area contributed by atoms with E-state index < -0.39 is 0 Å². The Hall–Kier alpha value is 0.0800. The molecule has 11 rings (SSSR count). The molecule has 10 saturated carbocycles. The van der Waals surface area contributed by atoms with E-state index >= 15 is 0 Å². The second kappa shape index (κ2) is 10.9. The van der Waals surface area contributed by atoms with Crippen LogP contribution in [-0.2, 0) is 6.16 Å². The molecule has 0 saturated heterocycles. The molecular weight excluding hydrogens is 530 g/mol. The van der Waals surface area contributed by atoms with E-state index in [0.717, 1.165) is 57.1 Å². The highest BCUT2D eigenvalue weighted by Crippen LogP contribution is 2.79. The third kappa shape index (κ3) is 4.88. The zero-order chi connectivity index (χ0) is 27.0. The summed E-state index contributed by atoms with van der Waals surface area (Å²) < 4.78 is 0. The number of rotatable bonds is 7. The molecule has 0 unspecified atom stereocenters. The van der Waals surface area contributed by atoms with E-state index in [1.165, 1.54) is 38.5 Å². The van der Waals surface area contributed by atoms with E-state index in [-0.39, 0.29) is 15.8 Å². The van der Waals surface area contributed by atoms with Gasteiger partial charge in [0.1, 0.15) is 0 Å². The van der Waals surface area contributed by atoms with Gasteiger partial charge >= 0.3 is 0 Å². The van der Waals surface area contributed by atoms with E-state index in [4.69, 9.17) is 0 Å². The molecule has 0 N–H and O–H groups in total. The maximum Gasteiger partial charge on any atom is -0.00568 e. The summed E-state index contributed by atoms with van der Waals surface area (Å²) in [5.74, 6) is 6.65. The Morgan fingerprint density at radius 3 is 1.32 bits per heavy atom. The first kappa shape index (κ1) is 27.4. The minimum atomic E-state index is 0.000534. The van der Waals surface area contributed by atoms with Crippen LogP contribution in [0.1, 0.15) is 147 Å². The van der Waals surface area contributed by atoms with Gasteiger partial charge in [-0.2, -0.15) is 0 Å². The van der Waals surface area contributed by atoms with Crippen molar-refractivity contribution in [1.82, 2.24) is 0 Å². The van der Waals surface area contributed by atoms with Crippen LogP contribution in [-0.4, -0.2) is 21.6 Å². The normalized spacial score (nSPS) is 44.6. The van der Waals surface area contributed by atoms with Gasteiger partial charge in [-0.25, -0.2) is 0 Å². The van der Waals surface area contributed by atoms with Crippen LogP contribution >= 0.6 is 15.8 Å². The van der Waals surface area contributed by atoms with Crippen molar-refractivity contribution in [2.45, 2.75) is 169 Å². The Labute approximate surface area is 254 Å². The molecule has 41 heavy (non-hydrogen) atoms. The van der Waals surface area contributed by atoms with Gasteiger partial charge in [-0.3, -0.25) is 0 Å². The van der Waals surface area contributed by atoms with Gasteiger partial charge in [0.25, 0.3) is 0 Å². The molecule has 1 aromatic carbocycles. The van der Waals surface area contributed by atoms with Crippen LogP contribution in [0.25, 0.3) is 0 Å². The third-order valence-corrected chi connectivity index (χ3v) is 22.3. The highest BCUT2D eigenvalue weighted by Gasteiger charge is 2.62. The molecule has 224 valence electrons. The predicted molar refractivity (Wildman–Crippen MR) is 179 cm³/mol. The number of benzene rings is 1. The first-order valence-corrected chi connectivity index (χ1v) is 21.8. The summed E-state index contributed by atoms with van der Waals surface area (Å²) >= 11 is 0. The molecule has 0 heterocycles. The quantitative estimate of drug-likeness (QED) is 0.278. The van der Waals surface area contributed by atoms with E-state index in [1.807, 2.05) is 10.9 Å². The highest BCUT2D eigenvalue weighted by molar-refractivity contribution is 7.67. The Morgan fingerprint density at radius 2 is 0.902 bits per heavy atom. The molecule has 0 aliphatic heterocycles. The van der Waals surface area contributed by atoms with Gasteiger partial charge in [0.2, 0.25) is 0 Å². The van der Waals surface area contributed by atoms with Gasteiger partial charge in [-0.1, -0.05) is 78.6 Å². The summed E-state index contributed by atoms with van der Waals surface area (Å²) in [6, 6.07) is 10.4. The molecule has 2 heteroatoms. The molecule has 1 aromatic rings. The van der Waals surface area contributed by atoms with Crippen molar-refractivity contribution in [2.24, 2.45) is 35.5 Å². The molecule has 0 radical (unpaired) electrons. The van der Waals surface area contributed by atoms with Gasteiger partial charge < -0.3 is 0 Å². The number of hydrogen-bond acceptors (Lipinski definition) is 0. The second-order valence-corrected chi connectivity index (χ2v) is 23.3. The summed E-state index contributed by atoms with van der Waals surface area (Å²) in [5.41, 5.74) is 3.99. The first-order valence-electron chi connectivity index (χ1n) is 18.8. The fourth-order valence-electron chi connectivity index (χ4n) is 14.1. The van der Waals surface area contributed by atoms with Gasteiger partial charge in [-0.15, -0.1) is 0 Å². The minimum absolute atomic E-state index is 0.000534. The van der Waals surface area contributed by atoms with E-state index in [1.54, 1.807) is 109 Å². The van der Waals surface area contributed by atoms with E-state index in [9.17, 15) is 0 Å². The summed E-state index contributed by atoms with van der Waals surface area (Å²) in [5, 5.41) is 3.49. The van der Waals surface area contributed by atoms with Crippen LogP contribution < -0.4 is 5.30 Å². The molecule has 0 spiro atoms. The van der Waals surface area contributed by atoms with E-state index in [2.05, 4.69) is 24.3 Å². The Balaban J connectivity index is 1.12. The van der Waals surface area contributed by atoms with Crippen molar-refractivity contribution in [2.75, 3.05) is 0 Å². The lowest BCUT2D eigenvalue weighted by molar-refractivity contribution is 0.0184. The maximum absolute atomic E-state index is 2.73. The van der Waals surface area contributed by atoms with Crippen molar-refractivity contribution < 1.29 is 0 Å². The van der Waals surface area contributed by atoms with Crippen LogP contribution in [0, 0.1) is 35.5 Å². The van der Waals surface area contributed by atoms with Crippen molar-refractivity contribution in [3.63, 3.8) is 0 Å². The molecule has 10 aliphatic carbocycles. The largest absolute Gasteiger partial charge is 0.0894 e. The van der Waals surface area contributed by atoms with Gasteiger partial charge in [0, 0.05) is 0 Å². The van der Waals surface area contributed by atoms with Gasteiger partial charge in [-0.05, 0) is 177 Å². The summed E-state index contributed by atoms with van der Waals surface area (Å²) in [7, 11) is 0.0499. The predicted octanol–water partition coefficient (Wildman–Crippen LogP) is 11.4. The first-order chi connectivity index (χ1) is 20.1. The zero-order valence-electron chi connectivity index (χ0n) is 26.1. The number of hydrogen-bond donors (Lipinski definition) is 0. The van der Waals surface area contributed by atoms with Crippen LogP contribution in [0.3, 0.4) is 0 Å². The fourth-order valence-corrected chi connectivity index (χ4v) is 23.4. The van der Waals surface area contributed by atoms with Crippen LogP contribution in [0.4, 0.5) is 0 Å². The summed E-state index contributed by atoms with van der Waals surface area (Å²) in [6.07, 6.45) is 36.5. The van der Waals surface area contributed by atoms with Crippen molar-refractivity contribution in [3.05, 3.63) is 29.8 Å². The lowest BCUT2D eigenvalue weighted by Gasteiger charge is -2.67. The molecule has 0 amide bonds. The standard InChI is InChI=1S/C39H58P2/c1-3-10-35(11-4-1)41(36-12-5-2-6-13-36)37-14-8-7-9-34(37)27-40(38-21-28-15-29(22-38)17-30(16-28)23-38)39-24-31-18-32(25-39)20-33(19-31)26-39/h7-9,14,28-33,35-36H,1-6,10-13,15-27H2. The van der Waals surface area contributed by atoms with Crippen LogP contribution in [0.2, 0.25) is 0 Å². The summed E-state index contributed by atoms with van der Waals surface area (Å²) in [6.45, 7) is 0. The topological polar surface area (TPSA) is 0 Å². The van der Waals surface area contributed by atoms with Crippen molar-refractivity contribution in [3.8, 4) is 0 Å². The Kier molecular flexibility index (Phi) is 7.26. The molecule has 10 aliphatic rings. The Bertz CT molecular complexity index is 960. The second-order valence-electron chi connectivity index (χ2n) is 17.5. The van der Waals surface area contributed by atoms with E-state index in [0.29, 0.717) is 0 Å². The molecule has 0 aromatic heterocycles. The SMILES string of the molecule is c1ccc(P(C2CCCCC2)C2CCCCC2)c(CP(C23CC4CC(CC(C4)C2)C3)C23CC4CC(CC(C4)C2)C3)c1. The van der Waals surface area contributed by atoms with Crippen LogP contribution in [0.5, 0.6) is 0 Å². The third-order valence-electron chi connectivity index (χ3n) is 14.7. The van der Waals surface area contributed by atoms with Crippen LogP contribution in [0.15, 0.2) is 24.3 Å². The molecule has 0 atom stereocenters. The van der Waals surface area contributed by atoms with Crippen molar-refractivity contribution in [1.29, 1.82) is 0 Å². The molecule has 10 fully saturated rings. The molecule has 0 nitrogen and oxygen atoms in total. The smallest absolute Gasteiger partial charge is 0.00568 e. The van der Waals surface area contributed by atoms with Gasteiger partial charge in [0.15, 0.2) is 0 Å². The maximum atomic E-state index is 2.73. The molecular formula is C39H58P2. The fraction of sp³-hybridized carbons (Fsp3) is 0.846. The minimum Gasteiger partial charge on any atom is -0.0894 e. The Morgan fingerprint density at radius 1 is 0.512 bits per heavy atom. The van der Waals surface area contributed by atoms with Gasteiger partial charge in [0.05, 0.1) is 0 Å².